The van der Waals surface area contributed by atoms with Crippen LogP contribution in [0, 0.1) is 0 Å². The van der Waals surface area contributed by atoms with Crippen molar-refractivity contribution in [1.82, 2.24) is 29.9 Å². The fourth-order valence-electron chi connectivity index (χ4n) is 3.58. The molecule has 3 heterocycles. The smallest absolute Gasteiger partial charge is 0.260 e. The third-order valence-corrected chi connectivity index (χ3v) is 5.42. The van der Waals surface area contributed by atoms with E-state index in [2.05, 4.69) is 39.0 Å². The standard InChI is InChI=1S/C21H27N7O2/c1-4-28-21-19(24-25-28)20(22-14-23-21)27-11-9-26(10-12-27)18(29)13-30-17-7-5-16(6-8-17)15(2)3/h5-8,14-15H,4,9-13H2,1-3H3. The van der Waals surface area contributed by atoms with Crippen LogP contribution in [0.2, 0.25) is 0 Å². The van der Waals surface area contributed by atoms with Crippen molar-refractivity contribution < 1.29 is 9.53 Å². The van der Waals surface area contributed by atoms with Crippen LogP contribution in [-0.4, -0.2) is 68.6 Å². The minimum Gasteiger partial charge on any atom is -0.484 e. The summed E-state index contributed by atoms with van der Waals surface area (Å²) in [6.07, 6.45) is 1.54. The molecule has 1 aliphatic heterocycles. The summed E-state index contributed by atoms with van der Waals surface area (Å²) in [4.78, 5) is 25.3. The largest absolute Gasteiger partial charge is 0.484 e. The van der Waals surface area contributed by atoms with Gasteiger partial charge < -0.3 is 14.5 Å². The first kappa shape index (κ1) is 20.1. The fraction of sp³-hybridized carbons (Fsp3) is 0.476. The van der Waals surface area contributed by atoms with E-state index in [9.17, 15) is 4.79 Å². The van der Waals surface area contributed by atoms with Crippen molar-refractivity contribution in [3.05, 3.63) is 36.2 Å². The molecule has 9 nitrogen and oxygen atoms in total. The van der Waals surface area contributed by atoms with Crippen molar-refractivity contribution in [2.75, 3.05) is 37.7 Å². The molecule has 0 bridgehead atoms. The van der Waals surface area contributed by atoms with Gasteiger partial charge in [-0.3, -0.25) is 4.79 Å². The molecule has 1 aromatic carbocycles. The zero-order valence-electron chi connectivity index (χ0n) is 17.7. The summed E-state index contributed by atoms with van der Waals surface area (Å²) in [6.45, 7) is 9.64. The van der Waals surface area contributed by atoms with E-state index in [4.69, 9.17) is 4.74 Å². The molecule has 0 atom stereocenters. The highest BCUT2D eigenvalue weighted by molar-refractivity contribution is 5.83. The van der Waals surface area contributed by atoms with Gasteiger partial charge in [0.1, 0.15) is 12.1 Å². The molecule has 1 fully saturated rings. The average molecular weight is 409 g/mol. The molecule has 0 radical (unpaired) electrons. The summed E-state index contributed by atoms with van der Waals surface area (Å²) in [7, 11) is 0. The predicted molar refractivity (Wildman–Crippen MR) is 114 cm³/mol. The van der Waals surface area contributed by atoms with Gasteiger partial charge in [-0.1, -0.05) is 31.2 Å². The Balaban J connectivity index is 1.33. The van der Waals surface area contributed by atoms with Gasteiger partial charge in [0.05, 0.1) is 0 Å². The highest BCUT2D eigenvalue weighted by Gasteiger charge is 2.24. The first-order valence-electron chi connectivity index (χ1n) is 10.4. The summed E-state index contributed by atoms with van der Waals surface area (Å²) >= 11 is 0. The Morgan fingerprint density at radius 1 is 1.10 bits per heavy atom. The number of aromatic nitrogens is 5. The zero-order valence-corrected chi connectivity index (χ0v) is 17.7. The number of anilines is 1. The van der Waals surface area contributed by atoms with E-state index in [-0.39, 0.29) is 12.5 Å². The van der Waals surface area contributed by atoms with Crippen LogP contribution in [0.1, 0.15) is 32.3 Å². The maximum absolute atomic E-state index is 12.6. The molecular weight excluding hydrogens is 382 g/mol. The summed E-state index contributed by atoms with van der Waals surface area (Å²) in [5, 5.41) is 8.38. The van der Waals surface area contributed by atoms with Gasteiger partial charge >= 0.3 is 0 Å². The second-order valence-electron chi connectivity index (χ2n) is 7.65. The van der Waals surface area contributed by atoms with Crippen molar-refractivity contribution in [2.24, 2.45) is 0 Å². The number of benzene rings is 1. The molecule has 2 aromatic heterocycles. The number of nitrogens with zero attached hydrogens (tertiary/aromatic N) is 7. The quantitative estimate of drug-likeness (QED) is 0.616. The monoisotopic (exact) mass is 409 g/mol. The fourth-order valence-corrected chi connectivity index (χ4v) is 3.58. The number of ether oxygens (including phenoxy) is 1. The van der Waals surface area contributed by atoms with E-state index in [1.165, 1.54) is 5.56 Å². The van der Waals surface area contributed by atoms with Crippen LogP contribution in [0.5, 0.6) is 5.75 Å². The van der Waals surface area contributed by atoms with E-state index in [0.29, 0.717) is 49.9 Å². The first-order chi connectivity index (χ1) is 14.6. The lowest BCUT2D eigenvalue weighted by atomic mass is 10.0. The van der Waals surface area contributed by atoms with E-state index in [0.717, 1.165) is 11.5 Å². The molecule has 1 amide bonds. The van der Waals surface area contributed by atoms with E-state index in [1.54, 1.807) is 11.0 Å². The molecular formula is C21H27N7O2. The maximum atomic E-state index is 12.6. The molecule has 1 saturated heterocycles. The lowest BCUT2D eigenvalue weighted by Crippen LogP contribution is -2.50. The Labute approximate surface area is 175 Å². The van der Waals surface area contributed by atoms with Gasteiger partial charge in [0.25, 0.3) is 5.91 Å². The third kappa shape index (κ3) is 4.05. The van der Waals surface area contributed by atoms with Gasteiger partial charge in [-0.05, 0) is 30.5 Å². The van der Waals surface area contributed by atoms with Gasteiger partial charge in [-0.25, -0.2) is 14.6 Å². The minimum atomic E-state index is -0.00709. The Morgan fingerprint density at radius 3 is 2.50 bits per heavy atom. The van der Waals surface area contributed by atoms with Crippen LogP contribution in [0.25, 0.3) is 11.2 Å². The average Bonchev–Trinajstić information content (AvgIpc) is 3.21. The molecule has 158 valence electrons. The summed E-state index contributed by atoms with van der Waals surface area (Å²) in [5.41, 5.74) is 2.69. The number of hydrogen-bond donors (Lipinski definition) is 0. The Bertz CT molecular complexity index is 1010. The minimum absolute atomic E-state index is 0.00709. The van der Waals surface area contributed by atoms with Crippen LogP contribution in [0.15, 0.2) is 30.6 Å². The van der Waals surface area contributed by atoms with Crippen LogP contribution < -0.4 is 9.64 Å². The normalized spacial score (nSPS) is 14.5. The van der Waals surface area contributed by atoms with Gasteiger partial charge in [-0.15, -0.1) is 5.10 Å². The van der Waals surface area contributed by atoms with E-state index in [1.807, 2.05) is 36.1 Å². The van der Waals surface area contributed by atoms with Crippen LogP contribution in [0.3, 0.4) is 0 Å². The highest BCUT2D eigenvalue weighted by atomic mass is 16.5. The summed E-state index contributed by atoms with van der Waals surface area (Å²) < 4.78 is 7.45. The highest BCUT2D eigenvalue weighted by Crippen LogP contribution is 2.22. The molecule has 0 N–H and O–H groups in total. The zero-order chi connectivity index (χ0) is 21.1. The molecule has 9 heteroatoms. The number of aryl methyl sites for hydroxylation is 1. The number of rotatable bonds is 6. The number of carbonyl (C=O) groups is 1. The van der Waals surface area contributed by atoms with Gasteiger partial charge in [0, 0.05) is 32.7 Å². The lowest BCUT2D eigenvalue weighted by molar-refractivity contribution is -0.133. The Hall–Kier alpha value is -3.23. The number of piperazine rings is 1. The molecule has 0 unspecified atom stereocenters. The summed E-state index contributed by atoms with van der Waals surface area (Å²) in [5.74, 6) is 1.95. The molecule has 3 aromatic rings. The molecule has 4 rings (SSSR count). The SMILES string of the molecule is CCn1nnc2c(N3CCN(C(=O)COc4ccc(C(C)C)cc4)CC3)ncnc21. The summed E-state index contributed by atoms with van der Waals surface area (Å²) in [6, 6.07) is 7.93. The van der Waals surface area contributed by atoms with Gasteiger partial charge in [0.15, 0.2) is 23.6 Å². The van der Waals surface area contributed by atoms with Crippen LogP contribution in [0.4, 0.5) is 5.82 Å². The molecule has 0 spiro atoms. The van der Waals surface area contributed by atoms with Crippen molar-refractivity contribution in [1.29, 1.82) is 0 Å². The van der Waals surface area contributed by atoms with Crippen molar-refractivity contribution in [3.8, 4) is 5.75 Å². The van der Waals surface area contributed by atoms with Crippen molar-refractivity contribution in [2.45, 2.75) is 33.2 Å². The maximum Gasteiger partial charge on any atom is 0.260 e. The lowest BCUT2D eigenvalue weighted by Gasteiger charge is -2.35. The molecule has 0 aliphatic carbocycles. The number of fused-ring (bicyclic) bond motifs is 1. The number of carbonyl (C=O) groups excluding carboxylic acids is 1. The van der Waals surface area contributed by atoms with Gasteiger partial charge in [-0.2, -0.15) is 0 Å². The van der Waals surface area contributed by atoms with E-state index >= 15 is 0 Å². The second kappa shape index (κ2) is 8.64. The molecule has 30 heavy (non-hydrogen) atoms. The topological polar surface area (TPSA) is 89.3 Å². The number of hydrogen-bond acceptors (Lipinski definition) is 7. The molecule has 1 aliphatic rings. The molecule has 0 saturated carbocycles. The van der Waals surface area contributed by atoms with Crippen LogP contribution in [-0.2, 0) is 11.3 Å². The predicted octanol–water partition coefficient (Wildman–Crippen LogP) is 2.09. The van der Waals surface area contributed by atoms with Crippen molar-refractivity contribution >= 4 is 22.9 Å². The Kier molecular flexibility index (Phi) is 5.78. The van der Waals surface area contributed by atoms with Gasteiger partial charge in [0.2, 0.25) is 0 Å². The van der Waals surface area contributed by atoms with Crippen molar-refractivity contribution in [3.63, 3.8) is 0 Å². The third-order valence-electron chi connectivity index (χ3n) is 5.42. The van der Waals surface area contributed by atoms with Crippen LogP contribution >= 0.6 is 0 Å². The number of amides is 1. The first-order valence-corrected chi connectivity index (χ1v) is 10.4. The van der Waals surface area contributed by atoms with E-state index < -0.39 is 0 Å². The second-order valence-corrected chi connectivity index (χ2v) is 7.65. The Morgan fingerprint density at radius 2 is 1.83 bits per heavy atom.